The van der Waals surface area contributed by atoms with Gasteiger partial charge in [0.25, 0.3) is 0 Å². The van der Waals surface area contributed by atoms with Crippen LogP contribution in [0.5, 0.6) is 6.01 Å². The number of likely N-dealkylation sites (tertiary alicyclic amines) is 1. The minimum atomic E-state index is -0.812. The van der Waals surface area contributed by atoms with Crippen molar-refractivity contribution >= 4 is 46.1 Å². The number of hydrogen-bond acceptors (Lipinski definition) is 12. The van der Waals surface area contributed by atoms with E-state index in [0.29, 0.717) is 51.6 Å². The molecule has 2 atom stereocenters. The minimum Gasteiger partial charge on any atom is -0.462 e. The van der Waals surface area contributed by atoms with Crippen molar-refractivity contribution in [1.29, 1.82) is 5.26 Å². The number of fused-ring (bicyclic) bond motifs is 2. The summed E-state index contributed by atoms with van der Waals surface area (Å²) in [6, 6.07) is 11.9. The average molecular weight is 710 g/mol. The van der Waals surface area contributed by atoms with E-state index in [1.807, 2.05) is 24.3 Å². The van der Waals surface area contributed by atoms with Crippen molar-refractivity contribution in [2.24, 2.45) is 0 Å². The third-order valence-corrected chi connectivity index (χ3v) is 9.79. The number of nitriles is 1. The van der Waals surface area contributed by atoms with E-state index < -0.39 is 17.6 Å². The van der Waals surface area contributed by atoms with Crippen molar-refractivity contribution in [2.45, 2.75) is 77.6 Å². The lowest BCUT2D eigenvalue weighted by Gasteiger charge is -2.42. The summed E-state index contributed by atoms with van der Waals surface area (Å²) in [6.45, 7) is 14.0. The number of carbonyl (C=O) groups is 3. The van der Waals surface area contributed by atoms with E-state index in [-0.39, 0.29) is 36.2 Å². The molecule has 14 heteroatoms. The Labute approximate surface area is 304 Å². The van der Waals surface area contributed by atoms with Gasteiger partial charge in [-0.3, -0.25) is 9.59 Å². The molecule has 0 N–H and O–H groups in total. The van der Waals surface area contributed by atoms with Crippen LogP contribution >= 0.6 is 0 Å². The molecule has 0 unspecified atom stereocenters. The number of imide groups is 1. The molecule has 2 saturated heterocycles. The second-order valence-electron chi connectivity index (χ2n) is 14.6. The SMILES string of the molecule is C=CC(=O)N1CCN(c2nc(OC[C@@H]3CCCN3C)nc3c2CCN(c2nc(N(C(C)=O)C(=O)OC(C)(C)C)cc4ccccc24)C3)C[C@@H]1CC#N. The number of benzene rings is 1. The van der Waals surface area contributed by atoms with Crippen LogP contribution in [0.2, 0.25) is 0 Å². The van der Waals surface area contributed by atoms with Gasteiger partial charge in [-0.2, -0.15) is 20.1 Å². The summed E-state index contributed by atoms with van der Waals surface area (Å²) in [5, 5.41) is 11.3. The van der Waals surface area contributed by atoms with Crippen molar-refractivity contribution in [3.05, 3.63) is 54.2 Å². The molecule has 1 aromatic carbocycles. The van der Waals surface area contributed by atoms with Gasteiger partial charge in [0.2, 0.25) is 11.8 Å². The number of rotatable bonds is 8. The molecular formula is C38H47N9O5. The molecule has 0 spiro atoms. The molecule has 3 aliphatic heterocycles. The maximum absolute atomic E-state index is 13.3. The van der Waals surface area contributed by atoms with Gasteiger partial charge in [-0.15, -0.1) is 0 Å². The summed E-state index contributed by atoms with van der Waals surface area (Å²) in [7, 11) is 2.10. The van der Waals surface area contributed by atoms with Crippen LogP contribution in [0.4, 0.5) is 22.2 Å². The number of nitrogens with zero attached hydrogens (tertiary/aromatic N) is 9. The van der Waals surface area contributed by atoms with Gasteiger partial charge in [0, 0.05) is 50.1 Å². The molecule has 2 aromatic heterocycles. The fourth-order valence-electron chi connectivity index (χ4n) is 7.20. The van der Waals surface area contributed by atoms with Crippen LogP contribution in [0.15, 0.2) is 43.0 Å². The predicted octanol–water partition coefficient (Wildman–Crippen LogP) is 4.47. The molecule has 14 nitrogen and oxygen atoms in total. The monoisotopic (exact) mass is 709 g/mol. The quantitative estimate of drug-likeness (QED) is 0.304. The van der Waals surface area contributed by atoms with Crippen molar-refractivity contribution in [1.82, 2.24) is 24.8 Å². The Kier molecular flexibility index (Phi) is 10.6. The Balaban J connectivity index is 1.38. The number of pyridine rings is 1. The second-order valence-corrected chi connectivity index (χ2v) is 14.6. The van der Waals surface area contributed by atoms with Gasteiger partial charge in [-0.05, 0) is 71.2 Å². The molecule has 52 heavy (non-hydrogen) atoms. The highest BCUT2D eigenvalue weighted by Crippen LogP contribution is 2.36. The van der Waals surface area contributed by atoms with Gasteiger partial charge in [0.05, 0.1) is 30.8 Å². The van der Waals surface area contributed by atoms with E-state index in [4.69, 9.17) is 24.4 Å². The summed E-state index contributed by atoms with van der Waals surface area (Å²) in [5.41, 5.74) is 0.938. The third kappa shape index (κ3) is 7.79. The fraction of sp³-hybridized carbons (Fsp3) is 0.500. The summed E-state index contributed by atoms with van der Waals surface area (Å²) < 4.78 is 11.9. The zero-order valence-corrected chi connectivity index (χ0v) is 30.7. The van der Waals surface area contributed by atoms with E-state index in [0.717, 1.165) is 52.1 Å². The highest BCUT2D eigenvalue weighted by molar-refractivity contribution is 6.12. The number of ether oxygens (including phenoxy) is 2. The molecule has 3 amide bonds. The molecule has 274 valence electrons. The smallest absolute Gasteiger partial charge is 0.422 e. The Morgan fingerprint density at radius 2 is 1.85 bits per heavy atom. The molecule has 2 fully saturated rings. The van der Waals surface area contributed by atoms with Crippen LogP contribution in [-0.2, 0) is 27.3 Å². The lowest BCUT2D eigenvalue weighted by molar-refractivity contribution is -0.128. The first-order chi connectivity index (χ1) is 24.9. The summed E-state index contributed by atoms with van der Waals surface area (Å²) >= 11 is 0. The summed E-state index contributed by atoms with van der Waals surface area (Å²) in [5.74, 6) is 0.817. The topological polar surface area (TPSA) is 148 Å². The predicted molar refractivity (Wildman–Crippen MR) is 197 cm³/mol. The van der Waals surface area contributed by atoms with E-state index in [1.165, 1.54) is 13.0 Å². The third-order valence-electron chi connectivity index (χ3n) is 9.79. The number of likely N-dealkylation sites (N-methyl/N-ethyl adjacent to an activating group) is 1. The summed E-state index contributed by atoms with van der Waals surface area (Å²) in [4.78, 5) is 62.9. The largest absolute Gasteiger partial charge is 0.462 e. The molecule has 0 bridgehead atoms. The first-order valence-corrected chi connectivity index (χ1v) is 17.8. The zero-order chi connectivity index (χ0) is 37.2. The second kappa shape index (κ2) is 15.1. The molecule has 5 heterocycles. The van der Waals surface area contributed by atoms with Gasteiger partial charge in [0.15, 0.2) is 0 Å². The number of hydrogen-bond donors (Lipinski definition) is 0. The standard InChI is InChI=1S/C38H47N9O5/c1-7-33(49)46-20-19-45(22-27(46)14-16-39)35-30-15-18-44(23-31(30)40-36(42-35)51-24-28-12-10-17-43(28)6)34-29-13-9-8-11-26(29)21-32(41-34)47(25(2)48)37(50)52-38(3,4)5/h7-9,11,13,21,27-28H,1,10,12,14-15,17-20,22-24H2,2-6H3/t27-,28-/m0/s1. The maximum atomic E-state index is 13.3. The molecular weight excluding hydrogens is 662 g/mol. The van der Waals surface area contributed by atoms with Gasteiger partial charge in [-0.1, -0.05) is 30.8 Å². The molecule has 6 rings (SSSR count). The highest BCUT2D eigenvalue weighted by Gasteiger charge is 2.35. The Morgan fingerprint density at radius 1 is 1.06 bits per heavy atom. The van der Waals surface area contributed by atoms with Crippen LogP contribution in [0.1, 0.15) is 58.2 Å². The van der Waals surface area contributed by atoms with Gasteiger partial charge in [-0.25, -0.2) is 9.78 Å². The number of carbonyl (C=O) groups excluding carboxylic acids is 3. The Hall–Kier alpha value is -5.29. The first kappa shape index (κ1) is 36.5. The van der Waals surface area contributed by atoms with Gasteiger partial charge >= 0.3 is 12.1 Å². The number of aromatic nitrogens is 3. The Bertz CT molecular complexity index is 1900. The van der Waals surface area contributed by atoms with Gasteiger partial charge < -0.3 is 29.1 Å². The normalized spacial score (nSPS) is 19.2. The number of piperazine rings is 1. The van der Waals surface area contributed by atoms with Crippen molar-refractivity contribution < 1.29 is 23.9 Å². The van der Waals surface area contributed by atoms with Crippen LogP contribution in [0, 0.1) is 11.3 Å². The van der Waals surface area contributed by atoms with E-state index in [2.05, 4.69) is 34.4 Å². The van der Waals surface area contributed by atoms with Crippen molar-refractivity contribution in [2.75, 3.05) is 61.1 Å². The Morgan fingerprint density at radius 3 is 2.54 bits per heavy atom. The van der Waals surface area contributed by atoms with E-state index >= 15 is 0 Å². The van der Waals surface area contributed by atoms with Gasteiger partial charge in [0.1, 0.15) is 29.7 Å². The van der Waals surface area contributed by atoms with Crippen LogP contribution in [-0.4, -0.2) is 107 Å². The molecule has 3 aromatic rings. The molecule has 0 aliphatic carbocycles. The van der Waals surface area contributed by atoms with Crippen LogP contribution in [0.25, 0.3) is 10.8 Å². The van der Waals surface area contributed by atoms with Crippen molar-refractivity contribution in [3.8, 4) is 12.1 Å². The van der Waals surface area contributed by atoms with Crippen molar-refractivity contribution in [3.63, 3.8) is 0 Å². The number of anilines is 3. The summed E-state index contributed by atoms with van der Waals surface area (Å²) in [6.07, 6.45) is 3.40. The minimum absolute atomic E-state index is 0.171. The highest BCUT2D eigenvalue weighted by atomic mass is 16.6. The van der Waals surface area contributed by atoms with Crippen LogP contribution in [0.3, 0.4) is 0 Å². The molecule has 0 radical (unpaired) electrons. The molecule has 0 saturated carbocycles. The fourth-order valence-corrected chi connectivity index (χ4v) is 7.20. The maximum Gasteiger partial charge on any atom is 0.422 e. The lowest BCUT2D eigenvalue weighted by atomic mass is 10.0. The average Bonchev–Trinajstić information content (AvgIpc) is 3.52. The van der Waals surface area contributed by atoms with E-state index in [1.54, 1.807) is 31.7 Å². The number of amides is 3. The first-order valence-electron chi connectivity index (χ1n) is 17.8. The van der Waals surface area contributed by atoms with E-state index in [9.17, 15) is 19.6 Å². The zero-order valence-electron chi connectivity index (χ0n) is 30.7. The lowest BCUT2D eigenvalue weighted by Crippen LogP contribution is -2.55. The van der Waals surface area contributed by atoms with Crippen LogP contribution < -0.4 is 19.4 Å². The molecule has 3 aliphatic rings.